The van der Waals surface area contributed by atoms with E-state index in [-0.39, 0.29) is 56.7 Å². The van der Waals surface area contributed by atoms with E-state index in [9.17, 15) is 0 Å². The van der Waals surface area contributed by atoms with Crippen molar-refractivity contribution < 1.29 is 4.42 Å². The lowest BCUT2D eigenvalue weighted by atomic mass is 9.33. The molecule has 0 saturated heterocycles. The molecular weight excluding hydrogens is 860 g/mol. The third-order valence-corrected chi connectivity index (χ3v) is 21.7. The highest BCUT2D eigenvalue weighted by Gasteiger charge is 2.56. The average Bonchev–Trinajstić information content (AvgIpc) is 3.70. The van der Waals surface area contributed by atoms with Gasteiger partial charge in [0.15, 0.2) is 0 Å². The number of benzene rings is 2. The van der Waals surface area contributed by atoms with Crippen LogP contribution in [0.2, 0.25) is 0 Å². The minimum atomic E-state index is -0.0125. The van der Waals surface area contributed by atoms with Gasteiger partial charge in [0.25, 0.3) is 6.71 Å². The second-order valence-electron chi connectivity index (χ2n) is 29.2. The molecule has 2 aliphatic heterocycles. The zero-order valence-electron chi connectivity index (χ0n) is 46.1. The van der Waals surface area contributed by atoms with Crippen LogP contribution in [0.5, 0.6) is 0 Å². The van der Waals surface area contributed by atoms with E-state index in [0.717, 1.165) is 30.5 Å². The van der Waals surface area contributed by atoms with Gasteiger partial charge in [0.05, 0.1) is 23.4 Å². The Morgan fingerprint density at radius 3 is 2.03 bits per heavy atom. The minimum Gasteiger partial charge on any atom is -0.468 e. The summed E-state index contributed by atoms with van der Waals surface area (Å²) in [5.41, 5.74) is 22.5. The van der Waals surface area contributed by atoms with Crippen LogP contribution in [0, 0.1) is 39.4 Å². The molecule has 0 radical (unpaired) electrons. The Morgan fingerprint density at radius 2 is 1.37 bits per heavy atom. The normalized spacial score (nSPS) is 33.5. The van der Waals surface area contributed by atoms with Crippen molar-refractivity contribution >= 4 is 40.2 Å². The molecule has 3 heterocycles. The predicted molar refractivity (Wildman–Crippen MR) is 301 cm³/mol. The maximum absolute atomic E-state index is 7.79. The lowest BCUT2D eigenvalue weighted by Crippen LogP contribution is -2.63. The highest BCUT2D eigenvalue weighted by molar-refractivity contribution is 6.93. The summed E-state index contributed by atoms with van der Waals surface area (Å²) in [6.07, 6.45) is 36.5. The Hall–Kier alpha value is -4.44. The summed E-state index contributed by atoms with van der Waals surface area (Å²) in [6, 6.07) is 13.1. The Balaban J connectivity index is 1.12. The molecule has 9 aliphatic carbocycles. The van der Waals surface area contributed by atoms with Gasteiger partial charge in [-0.15, -0.1) is 0 Å². The maximum Gasteiger partial charge on any atom is 0.292 e. The van der Waals surface area contributed by atoms with Crippen molar-refractivity contribution in [3.05, 3.63) is 141 Å². The van der Waals surface area contributed by atoms with Gasteiger partial charge in [-0.25, -0.2) is 0 Å². The molecule has 0 amide bonds. The van der Waals surface area contributed by atoms with Gasteiger partial charge in [-0.05, 0) is 207 Å². The van der Waals surface area contributed by atoms with E-state index in [0.29, 0.717) is 17.8 Å². The minimum absolute atomic E-state index is 0.000513. The van der Waals surface area contributed by atoms with Gasteiger partial charge in [0.1, 0.15) is 5.58 Å². The Labute approximate surface area is 428 Å². The van der Waals surface area contributed by atoms with Crippen molar-refractivity contribution in [2.45, 2.75) is 196 Å². The van der Waals surface area contributed by atoms with Crippen LogP contribution in [0.15, 0.2) is 129 Å². The van der Waals surface area contributed by atoms with Crippen LogP contribution >= 0.6 is 0 Å². The quantitative estimate of drug-likeness (QED) is 0.244. The fourth-order valence-corrected chi connectivity index (χ4v) is 16.5. The van der Waals surface area contributed by atoms with E-state index in [1.807, 2.05) is 0 Å². The highest BCUT2D eigenvalue weighted by Crippen LogP contribution is 2.61. The summed E-state index contributed by atoms with van der Waals surface area (Å²) in [5.74, 6) is 1.27. The zero-order valence-corrected chi connectivity index (χ0v) is 46.1. The number of anilines is 2. The van der Waals surface area contributed by atoms with Crippen molar-refractivity contribution in [1.29, 1.82) is 0 Å². The third-order valence-electron chi connectivity index (χ3n) is 21.7. The van der Waals surface area contributed by atoms with Gasteiger partial charge in [0.2, 0.25) is 0 Å². The first-order valence-corrected chi connectivity index (χ1v) is 28.4. The van der Waals surface area contributed by atoms with Gasteiger partial charge >= 0.3 is 0 Å². The van der Waals surface area contributed by atoms with Crippen LogP contribution in [-0.2, 0) is 16.2 Å². The Kier molecular flexibility index (Phi) is 9.71. The van der Waals surface area contributed by atoms with E-state index in [1.54, 1.807) is 22.3 Å². The number of furan rings is 1. The smallest absolute Gasteiger partial charge is 0.292 e. The summed E-state index contributed by atoms with van der Waals surface area (Å²) in [5, 5.41) is 1.33. The molecule has 2 aromatic carbocycles. The summed E-state index contributed by atoms with van der Waals surface area (Å²) in [7, 11) is 0. The fourth-order valence-electron chi connectivity index (χ4n) is 16.5. The molecule has 3 nitrogen and oxygen atoms in total. The van der Waals surface area contributed by atoms with Crippen molar-refractivity contribution in [2.75, 3.05) is 9.80 Å². The second kappa shape index (κ2) is 14.9. The Bertz CT molecular complexity index is 3090. The van der Waals surface area contributed by atoms with Crippen LogP contribution in [0.3, 0.4) is 0 Å². The van der Waals surface area contributed by atoms with Crippen LogP contribution < -0.4 is 20.9 Å². The predicted octanol–water partition coefficient (Wildman–Crippen LogP) is 16.1. The maximum atomic E-state index is 7.79. The van der Waals surface area contributed by atoms with Crippen LogP contribution in [0.4, 0.5) is 11.4 Å². The molecule has 3 aromatic rings. The zero-order chi connectivity index (χ0) is 49.7. The molecule has 0 spiro atoms. The molecule has 0 N–H and O–H groups in total. The van der Waals surface area contributed by atoms with Crippen LogP contribution in [0.25, 0.3) is 11.0 Å². The molecule has 370 valence electrons. The molecule has 5 atom stereocenters. The molecule has 3 saturated carbocycles. The lowest BCUT2D eigenvalue weighted by Gasteiger charge is -2.55. The van der Waals surface area contributed by atoms with E-state index < -0.39 is 0 Å². The number of hydrogen-bond acceptors (Lipinski definition) is 3. The first kappa shape index (κ1) is 46.4. The molecule has 2 bridgehead atoms. The van der Waals surface area contributed by atoms with Crippen molar-refractivity contribution in [3.63, 3.8) is 0 Å². The number of hydrogen-bond donors (Lipinski definition) is 0. The summed E-state index contributed by atoms with van der Waals surface area (Å²) >= 11 is 0. The standard InChI is InChI=1S/C67H83BN2O/c1-40-32-47-49(65(11,12)27-26-63(47,7)8)38-53(40)70-54-35-43(61(2,3)4)20-23-52(54)68-58-55(33-42(34-56(58)70)41-18-16-15-17-19-41)69(44-21-22-46-48(36-44)64(9,10)25-24-62(46,5)6)59-45-37-50-51(39-57(45)71-60(59)68)67(14)30-28-66(50,13)29-31-67/h15-16,18,20-23,32,34-40,46,48,53,55H,17,19,24-31,33H2,1-14H3. The lowest BCUT2D eigenvalue weighted by molar-refractivity contribution is 0.0326. The topological polar surface area (TPSA) is 19.6 Å². The molecule has 5 unspecified atom stereocenters. The molecule has 14 rings (SSSR count). The fraction of sp³-hybridized carbons (Fsp3) is 0.552. The first-order valence-electron chi connectivity index (χ1n) is 28.4. The molecule has 4 heteroatoms. The van der Waals surface area contributed by atoms with Gasteiger partial charge in [0, 0.05) is 22.5 Å². The molecule has 11 aliphatic rings. The molecule has 71 heavy (non-hydrogen) atoms. The van der Waals surface area contributed by atoms with Crippen molar-refractivity contribution in [1.82, 2.24) is 0 Å². The molecule has 1 aromatic heterocycles. The molecular formula is C67H83BN2O. The number of rotatable bonds is 3. The summed E-state index contributed by atoms with van der Waals surface area (Å²) < 4.78 is 7.79. The monoisotopic (exact) mass is 943 g/mol. The SMILES string of the molecule is CC1C=C2C(=CC1N1C3=C4B(c5ccc(C(C)(C)C)cc51)c1oc5cc6c(cc5c1N(C1=CC5C(C=C1)C(C)(C)CCC5(C)C)C4CC(C1=CC=CCC1)=C3)C1(C)CCC6(C)CC1)C(C)(C)CCC2(C)C. The van der Waals surface area contributed by atoms with Gasteiger partial charge in [-0.3, -0.25) is 0 Å². The van der Waals surface area contributed by atoms with Crippen LogP contribution in [-0.4, -0.2) is 18.8 Å². The second-order valence-corrected chi connectivity index (χ2v) is 29.2. The molecule has 3 fully saturated rings. The van der Waals surface area contributed by atoms with E-state index in [1.165, 1.54) is 107 Å². The van der Waals surface area contributed by atoms with Gasteiger partial charge in [-0.1, -0.05) is 152 Å². The summed E-state index contributed by atoms with van der Waals surface area (Å²) in [4.78, 5) is 5.78. The number of nitrogens with zero attached hydrogens (tertiary/aromatic N) is 2. The summed E-state index contributed by atoms with van der Waals surface area (Å²) in [6.45, 7) is 35.0. The third kappa shape index (κ3) is 6.65. The van der Waals surface area contributed by atoms with Gasteiger partial charge in [-0.2, -0.15) is 0 Å². The van der Waals surface area contributed by atoms with Crippen molar-refractivity contribution in [2.24, 2.45) is 39.4 Å². The van der Waals surface area contributed by atoms with Crippen LogP contribution in [0.1, 0.15) is 184 Å². The van der Waals surface area contributed by atoms with E-state index >= 15 is 0 Å². The first-order chi connectivity index (χ1) is 33.4. The average molecular weight is 943 g/mol. The largest absolute Gasteiger partial charge is 0.468 e. The van der Waals surface area contributed by atoms with E-state index in [2.05, 4.69) is 192 Å². The highest BCUT2D eigenvalue weighted by atomic mass is 16.3. The number of allylic oxidation sites excluding steroid dienone is 10. The Morgan fingerprint density at radius 1 is 0.704 bits per heavy atom. The van der Waals surface area contributed by atoms with Crippen molar-refractivity contribution in [3.8, 4) is 0 Å². The number of fused-ring (bicyclic) bond motifs is 10. The van der Waals surface area contributed by atoms with E-state index in [4.69, 9.17) is 4.42 Å². The van der Waals surface area contributed by atoms with Gasteiger partial charge < -0.3 is 14.2 Å².